The monoisotopic (exact) mass is 463 g/mol. The molecule has 0 unspecified atom stereocenters. The molecule has 0 aliphatic heterocycles. The second kappa shape index (κ2) is 7.55. The number of nitrogens with zero attached hydrogens (tertiary/aromatic N) is 2. The molecule has 0 aliphatic rings. The molecule has 2 aromatic carbocycles. The summed E-state index contributed by atoms with van der Waals surface area (Å²) in [7, 11) is 0. The molecule has 0 atom stereocenters. The van der Waals surface area contributed by atoms with Crippen LogP contribution in [0.2, 0.25) is 20.1 Å². The van der Waals surface area contributed by atoms with Crippen molar-refractivity contribution in [2.75, 3.05) is 5.32 Å². The van der Waals surface area contributed by atoms with E-state index in [0.29, 0.717) is 6.07 Å². The molecule has 0 amide bonds. The lowest BCUT2D eigenvalue weighted by Crippen LogP contribution is -2.11. The third-order valence-electron chi connectivity index (χ3n) is 3.19. The average molecular weight is 465 g/mol. The van der Waals surface area contributed by atoms with Gasteiger partial charge in [0.2, 0.25) is 0 Å². The van der Waals surface area contributed by atoms with Gasteiger partial charge in [0.1, 0.15) is 11.3 Å². The van der Waals surface area contributed by atoms with E-state index < -0.39 is 38.6 Å². The van der Waals surface area contributed by atoms with Crippen LogP contribution in [0.15, 0.2) is 18.2 Å². The minimum absolute atomic E-state index is 0.0415. The van der Waals surface area contributed by atoms with Crippen LogP contribution in [0.4, 0.5) is 35.9 Å². The summed E-state index contributed by atoms with van der Waals surface area (Å²) in [5, 5.41) is 23.8. The lowest BCUT2D eigenvalue weighted by atomic mass is 10.1. The summed E-state index contributed by atoms with van der Waals surface area (Å²) >= 11 is 23.5. The molecule has 1 N–H and O–H groups in total. The molecule has 0 aromatic heterocycles. The van der Waals surface area contributed by atoms with Gasteiger partial charge < -0.3 is 5.32 Å². The number of nitro benzene ring substituents is 2. The molecular weight excluding hydrogens is 461 g/mol. The summed E-state index contributed by atoms with van der Waals surface area (Å²) in [6.45, 7) is 0. The second-order valence-electron chi connectivity index (χ2n) is 4.87. The Hall–Kier alpha value is -2.01. The third-order valence-corrected chi connectivity index (χ3v) is 4.75. The number of hydrogen-bond donors (Lipinski definition) is 1. The van der Waals surface area contributed by atoms with Gasteiger partial charge in [-0.05, 0) is 6.07 Å². The van der Waals surface area contributed by atoms with E-state index in [9.17, 15) is 33.4 Å². The van der Waals surface area contributed by atoms with Crippen LogP contribution in [0.5, 0.6) is 0 Å². The Labute approximate surface area is 167 Å². The number of anilines is 2. The molecule has 0 saturated carbocycles. The Morgan fingerprint density at radius 1 is 0.852 bits per heavy atom. The Bertz CT molecular complexity index is 969. The van der Waals surface area contributed by atoms with Gasteiger partial charge in [-0.25, -0.2) is 0 Å². The van der Waals surface area contributed by atoms with Gasteiger partial charge in [0.15, 0.2) is 0 Å². The van der Waals surface area contributed by atoms with Crippen LogP contribution in [0.1, 0.15) is 5.56 Å². The average Bonchev–Trinajstić information content (AvgIpc) is 2.54. The highest BCUT2D eigenvalue weighted by Gasteiger charge is 2.41. The van der Waals surface area contributed by atoms with E-state index in [1.54, 1.807) is 0 Å². The maximum absolute atomic E-state index is 13.0. The standard InChI is InChI=1S/C13H4Cl4F3N3O4/c14-5-2-6(15)12(11(17)10(5)16)21-7-3-8(22(24)25)4(13(18,19)20)1-9(7)23(26)27/h1-3,21H. The molecule has 2 aromatic rings. The number of rotatable bonds is 4. The number of hydrogen-bond acceptors (Lipinski definition) is 5. The van der Waals surface area contributed by atoms with Crippen LogP contribution in [0, 0.1) is 20.2 Å². The van der Waals surface area contributed by atoms with Gasteiger partial charge in [0, 0.05) is 12.1 Å². The van der Waals surface area contributed by atoms with Crippen molar-refractivity contribution in [2.45, 2.75) is 6.18 Å². The first-order valence-corrected chi connectivity index (χ1v) is 7.99. The van der Waals surface area contributed by atoms with Gasteiger partial charge >= 0.3 is 6.18 Å². The Kier molecular flexibility index (Phi) is 5.95. The molecule has 0 spiro atoms. The van der Waals surface area contributed by atoms with Crippen LogP contribution in [-0.2, 0) is 6.18 Å². The van der Waals surface area contributed by atoms with E-state index in [4.69, 9.17) is 46.4 Å². The number of alkyl halides is 3. The molecule has 0 heterocycles. The molecular formula is C13H4Cl4F3N3O4. The lowest BCUT2D eigenvalue weighted by Gasteiger charge is -2.14. The highest BCUT2D eigenvalue weighted by molar-refractivity contribution is 6.51. The zero-order valence-electron chi connectivity index (χ0n) is 12.4. The summed E-state index contributed by atoms with van der Waals surface area (Å²) < 4.78 is 39.0. The van der Waals surface area contributed by atoms with Crippen molar-refractivity contribution in [2.24, 2.45) is 0 Å². The Morgan fingerprint density at radius 3 is 1.89 bits per heavy atom. The van der Waals surface area contributed by atoms with Crippen LogP contribution < -0.4 is 5.32 Å². The Balaban J connectivity index is 2.74. The quantitative estimate of drug-likeness (QED) is 0.230. The van der Waals surface area contributed by atoms with Gasteiger partial charge in [-0.3, -0.25) is 20.2 Å². The first-order chi connectivity index (χ1) is 12.3. The minimum Gasteiger partial charge on any atom is -0.347 e. The fourth-order valence-corrected chi connectivity index (χ4v) is 3.03. The zero-order chi connectivity index (χ0) is 20.7. The van der Waals surface area contributed by atoms with E-state index in [2.05, 4.69) is 5.32 Å². The maximum atomic E-state index is 13.0. The number of halogens is 7. The van der Waals surface area contributed by atoms with Crippen LogP contribution >= 0.6 is 46.4 Å². The smallest absolute Gasteiger partial charge is 0.347 e. The molecule has 0 aliphatic carbocycles. The summed E-state index contributed by atoms with van der Waals surface area (Å²) in [6, 6.07) is 1.53. The van der Waals surface area contributed by atoms with Gasteiger partial charge in [0.25, 0.3) is 11.4 Å². The second-order valence-corrected chi connectivity index (χ2v) is 6.44. The van der Waals surface area contributed by atoms with Crippen molar-refractivity contribution in [1.29, 1.82) is 0 Å². The van der Waals surface area contributed by atoms with E-state index in [0.717, 1.165) is 6.07 Å². The summed E-state index contributed by atoms with van der Waals surface area (Å²) in [4.78, 5) is 19.7. The highest BCUT2D eigenvalue weighted by atomic mass is 35.5. The van der Waals surface area contributed by atoms with Crippen molar-refractivity contribution < 1.29 is 23.0 Å². The van der Waals surface area contributed by atoms with Crippen molar-refractivity contribution in [3.63, 3.8) is 0 Å². The van der Waals surface area contributed by atoms with Gasteiger partial charge in [-0.1, -0.05) is 46.4 Å². The molecule has 14 heteroatoms. The predicted molar refractivity (Wildman–Crippen MR) is 94.5 cm³/mol. The molecule has 0 radical (unpaired) electrons. The first-order valence-electron chi connectivity index (χ1n) is 6.48. The van der Waals surface area contributed by atoms with Crippen molar-refractivity contribution in [1.82, 2.24) is 0 Å². The molecule has 0 fully saturated rings. The molecule has 144 valence electrons. The van der Waals surface area contributed by atoms with E-state index in [1.165, 1.54) is 0 Å². The summed E-state index contributed by atoms with van der Waals surface area (Å²) in [5.41, 5.74) is -5.16. The van der Waals surface area contributed by atoms with Crippen LogP contribution in [0.25, 0.3) is 0 Å². The summed E-state index contributed by atoms with van der Waals surface area (Å²) in [6.07, 6.45) is -5.19. The van der Waals surface area contributed by atoms with Crippen molar-refractivity contribution in [3.8, 4) is 0 Å². The maximum Gasteiger partial charge on any atom is 0.423 e. The highest BCUT2D eigenvalue weighted by Crippen LogP contribution is 2.46. The largest absolute Gasteiger partial charge is 0.423 e. The van der Waals surface area contributed by atoms with Crippen LogP contribution in [-0.4, -0.2) is 9.85 Å². The normalized spacial score (nSPS) is 11.4. The topological polar surface area (TPSA) is 98.3 Å². The molecule has 27 heavy (non-hydrogen) atoms. The van der Waals surface area contributed by atoms with Gasteiger partial charge in [0.05, 0.1) is 35.6 Å². The first kappa shape index (κ1) is 21.3. The van der Waals surface area contributed by atoms with Crippen LogP contribution in [0.3, 0.4) is 0 Å². The molecule has 0 bridgehead atoms. The molecule has 0 saturated heterocycles. The SMILES string of the molecule is O=[N+]([O-])c1cc(C(F)(F)F)c([N+](=O)[O-])cc1Nc1c(Cl)cc(Cl)c(Cl)c1Cl. The van der Waals surface area contributed by atoms with E-state index in [-0.39, 0.29) is 31.8 Å². The van der Waals surface area contributed by atoms with Crippen molar-refractivity contribution in [3.05, 3.63) is 64.1 Å². The van der Waals surface area contributed by atoms with Gasteiger partial charge in [-0.15, -0.1) is 0 Å². The third kappa shape index (κ3) is 4.29. The number of benzene rings is 2. The fourth-order valence-electron chi connectivity index (χ4n) is 2.02. The predicted octanol–water partition coefficient (Wildman–Crippen LogP) is 6.88. The van der Waals surface area contributed by atoms with E-state index in [1.807, 2.05) is 0 Å². The zero-order valence-corrected chi connectivity index (χ0v) is 15.4. The van der Waals surface area contributed by atoms with Gasteiger partial charge in [-0.2, -0.15) is 13.2 Å². The Morgan fingerprint density at radius 2 is 1.41 bits per heavy atom. The van der Waals surface area contributed by atoms with E-state index >= 15 is 0 Å². The molecule has 7 nitrogen and oxygen atoms in total. The van der Waals surface area contributed by atoms with Crippen molar-refractivity contribution >= 4 is 69.2 Å². The molecule has 2 rings (SSSR count). The minimum atomic E-state index is -5.19. The summed E-state index contributed by atoms with van der Waals surface area (Å²) in [5.74, 6) is 0. The number of nitro groups is 2. The number of nitrogens with one attached hydrogen (secondary N) is 1. The lowest BCUT2D eigenvalue weighted by molar-refractivity contribution is -0.391. The fraction of sp³-hybridized carbons (Fsp3) is 0.0769.